The van der Waals surface area contributed by atoms with Gasteiger partial charge >= 0.3 is 0 Å². The lowest BCUT2D eigenvalue weighted by Gasteiger charge is -2.16. The third kappa shape index (κ3) is 5.87. The Morgan fingerprint density at radius 3 is 1.45 bits per heavy atom. The Kier molecular flexibility index (Phi) is 7.78. The van der Waals surface area contributed by atoms with Gasteiger partial charge in [0.15, 0.2) is 0 Å². The van der Waals surface area contributed by atoms with Crippen molar-refractivity contribution < 1.29 is 14.2 Å². The lowest BCUT2D eigenvalue weighted by Crippen LogP contribution is -2.05. The van der Waals surface area contributed by atoms with Crippen LogP contribution in [0.2, 0.25) is 0 Å². The Balaban J connectivity index is 1.72. The van der Waals surface area contributed by atoms with E-state index in [9.17, 15) is 0 Å². The van der Waals surface area contributed by atoms with Crippen LogP contribution in [0.3, 0.4) is 0 Å². The highest BCUT2D eigenvalue weighted by molar-refractivity contribution is 7.79. The fourth-order valence-corrected chi connectivity index (χ4v) is 3.53. The van der Waals surface area contributed by atoms with Crippen molar-refractivity contribution in [1.82, 2.24) is 0 Å². The SMILES string of the molecule is COc1c(COc2ccc(CS)cc2)cc(C)cc1COc1ccc(CS)cc1. The molecule has 0 heterocycles. The second-order valence-corrected chi connectivity index (χ2v) is 7.43. The van der Waals surface area contributed by atoms with Crippen molar-refractivity contribution in [2.24, 2.45) is 0 Å². The first-order chi connectivity index (χ1) is 14.1. The van der Waals surface area contributed by atoms with Gasteiger partial charge in [0.2, 0.25) is 0 Å². The standard InChI is InChI=1S/C24H26O3S2/c1-17-11-20(13-26-22-7-3-18(15-28)4-8-22)24(25-2)21(12-17)14-27-23-9-5-19(16-29)6-10-23/h3-12,28-29H,13-16H2,1-2H3. The van der Waals surface area contributed by atoms with Crippen LogP contribution in [0.1, 0.15) is 27.8 Å². The highest BCUT2D eigenvalue weighted by Crippen LogP contribution is 2.29. The molecule has 3 aromatic carbocycles. The summed E-state index contributed by atoms with van der Waals surface area (Å²) in [5.41, 5.74) is 5.45. The van der Waals surface area contributed by atoms with Gasteiger partial charge in [-0.2, -0.15) is 25.3 Å². The molecule has 0 saturated heterocycles. The molecule has 0 radical (unpaired) electrons. The van der Waals surface area contributed by atoms with Gasteiger partial charge in [-0.05, 0) is 54.4 Å². The molecule has 0 fully saturated rings. The van der Waals surface area contributed by atoms with Gasteiger partial charge in [-0.1, -0.05) is 29.8 Å². The van der Waals surface area contributed by atoms with Gasteiger partial charge in [-0.15, -0.1) is 0 Å². The average molecular weight is 427 g/mol. The van der Waals surface area contributed by atoms with E-state index >= 15 is 0 Å². The number of methoxy groups -OCH3 is 1. The molecule has 0 unspecified atom stereocenters. The molecule has 0 saturated carbocycles. The zero-order chi connectivity index (χ0) is 20.6. The molecule has 29 heavy (non-hydrogen) atoms. The van der Waals surface area contributed by atoms with Crippen LogP contribution in [0.5, 0.6) is 17.2 Å². The van der Waals surface area contributed by atoms with E-state index in [1.165, 1.54) is 0 Å². The van der Waals surface area contributed by atoms with Crippen molar-refractivity contribution in [1.29, 1.82) is 0 Å². The Labute approximate surface area is 183 Å². The van der Waals surface area contributed by atoms with Crippen LogP contribution in [0, 0.1) is 6.92 Å². The lowest BCUT2D eigenvalue weighted by molar-refractivity contribution is 0.283. The summed E-state index contributed by atoms with van der Waals surface area (Å²) in [5, 5.41) is 0. The number of aryl methyl sites for hydroxylation is 1. The van der Waals surface area contributed by atoms with Gasteiger partial charge in [0.25, 0.3) is 0 Å². The smallest absolute Gasteiger partial charge is 0.132 e. The maximum atomic E-state index is 5.98. The quantitative estimate of drug-likeness (QED) is 0.410. The number of thiol groups is 2. The molecular weight excluding hydrogens is 400 g/mol. The summed E-state index contributed by atoms with van der Waals surface area (Å²) in [6.07, 6.45) is 0. The largest absolute Gasteiger partial charge is 0.496 e. The zero-order valence-electron chi connectivity index (χ0n) is 16.7. The third-order valence-electron chi connectivity index (χ3n) is 4.59. The minimum Gasteiger partial charge on any atom is -0.496 e. The van der Waals surface area contributed by atoms with Crippen molar-refractivity contribution in [3.8, 4) is 17.2 Å². The number of benzene rings is 3. The van der Waals surface area contributed by atoms with Gasteiger partial charge in [-0.3, -0.25) is 0 Å². The molecule has 152 valence electrons. The number of ether oxygens (including phenoxy) is 3. The fraction of sp³-hybridized carbons (Fsp3) is 0.250. The minimum atomic E-state index is 0.425. The first-order valence-electron chi connectivity index (χ1n) is 9.44. The molecule has 5 heteroatoms. The van der Waals surface area contributed by atoms with Crippen LogP contribution in [-0.2, 0) is 24.7 Å². The molecule has 0 aromatic heterocycles. The van der Waals surface area contributed by atoms with E-state index in [1.807, 2.05) is 48.5 Å². The molecular formula is C24H26O3S2. The Hall–Kier alpha value is -2.24. The number of hydrogen-bond donors (Lipinski definition) is 2. The molecule has 0 aliphatic rings. The van der Waals surface area contributed by atoms with Gasteiger partial charge in [0.1, 0.15) is 30.5 Å². The fourth-order valence-electron chi connectivity index (χ4n) is 3.11. The third-order valence-corrected chi connectivity index (χ3v) is 5.32. The van der Waals surface area contributed by atoms with E-state index in [0.717, 1.165) is 45.1 Å². The van der Waals surface area contributed by atoms with Crippen molar-refractivity contribution in [3.05, 3.63) is 88.5 Å². The van der Waals surface area contributed by atoms with Gasteiger partial charge < -0.3 is 14.2 Å². The second kappa shape index (κ2) is 10.5. The summed E-state index contributed by atoms with van der Waals surface area (Å²) in [7, 11) is 1.68. The van der Waals surface area contributed by atoms with E-state index < -0.39 is 0 Å². The van der Waals surface area contributed by atoms with Crippen LogP contribution in [0.25, 0.3) is 0 Å². The highest BCUT2D eigenvalue weighted by atomic mass is 32.1. The van der Waals surface area contributed by atoms with E-state index in [1.54, 1.807) is 7.11 Å². The molecule has 0 amide bonds. The first kappa shape index (κ1) is 21.5. The van der Waals surface area contributed by atoms with Crippen LogP contribution in [0.4, 0.5) is 0 Å². The summed E-state index contributed by atoms with van der Waals surface area (Å²) in [5.74, 6) is 3.87. The van der Waals surface area contributed by atoms with Crippen molar-refractivity contribution in [2.45, 2.75) is 31.6 Å². The second-order valence-electron chi connectivity index (χ2n) is 6.80. The van der Waals surface area contributed by atoms with E-state index in [-0.39, 0.29) is 0 Å². The van der Waals surface area contributed by atoms with Crippen molar-refractivity contribution >= 4 is 25.3 Å². The predicted octanol–water partition coefficient (Wildman–Crippen LogP) is 6.02. The molecule has 0 N–H and O–H groups in total. The Morgan fingerprint density at radius 2 is 1.10 bits per heavy atom. The number of hydrogen-bond acceptors (Lipinski definition) is 5. The summed E-state index contributed by atoms with van der Waals surface area (Å²) in [6.45, 7) is 2.92. The minimum absolute atomic E-state index is 0.425. The molecule has 3 aromatic rings. The van der Waals surface area contributed by atoms with Gasteiger partial charge in [0.05, 0.1) is 7.11 Å². The summed E-state index contributed by atoms with van der Waals surface area (Å²) in [4.78, 5) is 0. The zero-order valence-corrected chi connectivity index (χ0v) is 18.5. The average Bonchev–Trinajstić information content (AvgIpc) is 2.76. The van der Waals surface area contributed by atoms with E-state index in [0.29, 0.717) is 24.7 Å². The van der Waals surface area contributed by atoms with Crippen molar-refractivity contribution in [3.63, 3.8) is 0 Å². The summed E-state index contributed by atoms with van der Waals surface area (Å²) >= 11 is 8.57. The van der Waals surface area contributed by atoms with E-state index in [2.05, 4.69) is 44.3 Å². The lowest BCUT2D eigenvalue weighted by atomic mass is 10.1. The Morgan fingerprint density at radius 1 is 0.690 bits per heavy atom. The highest BCUT2D eigenvalue weighted by Gasteiger charge is 2.12. The predicted molar refractivity (Wildman–Crippen MR) is 125 cm³/mol. The van der Waals surface area contributed by atoms with Crippen molar-refractivity contribution in [2.75, 3.05) is 7.11 Å². The topological polar surface area (TPSA) is 27.7 Å². The monoisotopic (exact) mass is 426 g/mol. The molecule has 0 spiro atoms. The van der Waals surface area contributed by atoms with Gasteiger partial charge in [-0.25, -0.2) is 0 Å². The molecule has 0 aliphatic heterocycles. The molecule has 0 atom stereocenters. The maximum Gasteiger partial charge on any atom is 0.132 e. The van der Waals surface area contributed by atoms with Crippen LogP contribution >= 0.6 is 25.3 Å². The Bertz CT molecular complexity index is 849. The molecule has 3 nitrogen and oxygen atoms in total. The maximum absolute atomic E-state index is 5.98. The van der Waals surface area contributed by atoms with Gasteiger partial charge in [0, 0.05) is 22.6 Å². The molecule has 0 aliphatic carbocycles. The summed E-state index contributed by atoms with van der Waals surface area (Å²) < 4.78 is 17.7. The number of rotatable bonds is 9. The first-order valence-corrected chi connectivity index (χ1v) is 10.7. The molecule has 0 bridgehead atoms. The van der Waals surface area contributed by atoms with Crippen LogP contribution in [-0.4, -0.2) is 7.11 Å². The van der Waals surface area contributed by atoms with Crippen LogP contribution < -0.4 is 14.2 Å². The van der Waals surface area contributed by atoms with E-state index in [4.69, 9.17) is 14.2 Å². The summed E-state index contributed by atoms with van der Waals surface area (Å²) in [6, 6.07) is 20.1. The van der Waals surface area contributed by atoms with Crippen LogP contribution in [0.15, 0.2) is 60.7 Å². The molecule has 3 rings (SSSR count). The normalized spacial score (nSPS) is 10.6.